The zero-order valence-corrected chi connectivity index (χ0v) is 10.3. The molecule has 0 bridgehead atoms. The summed E-state index contributed by atoms with van der Waals surface area (Å²) in [5.74, 6) is -0.283. The van der Waals surface area contributed by atoms with Crippen molar-refractivity contribution >= 4 is 5.69 Å². The summed E-state index contributed by atoms with van der Waals surface area (Å²) in [4.78, 5) is 2.20. The van der Waals surface area contributed by atoms with Gasteiger partial charge in [0.1, 0.15) is 5.82 Å². The highest BCUT2D eigenvalue weighted by molar-refractivity contribution is 5.53. The van der Waals surface area contributed by atoms with Crippen LogP contribution in [0.1, 0.15) is 37.7 Å². The fourth-order valence-electron chi connectivity index (χ4n) is 2.69. The highest BCUT2D eigenvalue weighted by atomic mass is 19.1. The van der Waals surface area contributed by atoms with Gasteiger partial charge in [0.25, 0.3) is 0 Å². The van der Waals surface area contributed by atoms with Gasteiger partial charge in [-0.25, -0.2) is 4.39 Å². The number of hydrogen-bond acceptors (Lipinski definition) is 2. The SMILES string of the molecule is CN(c1ccc(F)cc1CO)C1CCCCC1. The summed E-state index contributed by atoms with van der Waals surface area (Å²) in [6, 6.07) is 5.19. The Balaban J connectivity index is 2.19. The molecule has 1 saturated carbocycles. The van der Waals surface area contributed by atoms with Crippen LogP contribution in [0, 0.1) is 5.82 Å². The van der Waals surface area contributed by atoms with E-state index in [1.165, 1.54) is 44.2 Å². The maximum atomic E-state index is 13.1. The Kier molecular flexibility index (Phi) is 4.00. The molecular weight excluding hydrogens is 217 g/mol. The first-order valence-corrected chi connectivity index (χ1v) is 6.34. The minimum Gasteiger partial charge on any atom is -0.392 e. The molecule has 2 nitrogen and oxygen atoms in total. The normalized spacial score (nSPS) is 17.1. The minimum absolute atomic E-state index is 0.107. The molecule has 0 radical (unpaired) electrons. The van der Waals surface area contributed by atoms with E-state index in [4.69, 9.17) is 0 Å². The number of nitrogens with zero attached hydrogens (tertiary/aromatic N) is 1. The summed E-state index contributed by atoms with van der Waals surface area (Å²) in [6.45, 7) is -0.107. The van der Waals surface area contributed by atoms with E-state index in [1.54, 1.807) is 6.07 Å². The topological polar surface area (TPSA) is 23.5 Å². The van der Waals surface area contributed by atoms with E-state index in [9.17, 15) is 9.50 Å². The minimum atomic E-state index is -0.283. The van der Waals surface area contributed by atoms with E-state index in [1.807, 2.05) is 7.05 Å². The molecule has 0 spiro atoms. The van der Waals surface area contributed by atoms with Crippen LogP contribution in [0.5, 0.6) is 0 Å². The van der Waals surface area contributed by atoms with Gasteiger partial charge in [0.05, 0.1) is 6.61 Å². The largest absolute Gasteiger partial charge is 0.392 e. The van der Waals surface area contributed by atoms with E-state index in [-0.39, 0.29) is 12.4 Å². The highest BCUT2D eigenvalue weighted by Crippen LogP contribution is 2.28. The molecule has 0 saturated heterocycles. The molecule has 3 heteroatoms. The lowest BCUT2D eigenvalue weighted by molar-refractivity contribution is 0.281. The fraction of sp³-hybridized carbons (Fsp3) is 0.571. The van der Waals surface area contributed by atoms with Crippen LogP contribution in [0.25, 0.3) is 0 Å². The monoisotopic (exact) mass is 237 g/mol. The molecule has 0 atom stereocenters. The molecule has 0 aliphatic heterocycles. The second kappa shape index (κ2) is 5.50. The molecule has 1 aromatic rings. The van der Waals surface area contributed by atoms with E-state index in [0.29, 0.717) is 11.6 Å². The molecule has 0 unspecified atom stereocenters. The summed E-state index contributed by atoms with van der Waals surface area (Å²) >= 11 is 0. The van der Waals surface area contributed by atoms with Crippen LogP contribution >= 0.6 is 0 Å². The Labute approximate surface area is 102 Å². The number of aliphatic hydroxyl groups is 1. The van der Waals surface area contributed by atoms with Crippen molar-refractivity contribution < 1.29 is 9.50 Å². The lowest BCUT2D eigenvalue weighted by Gasteiger charge is -2.34. The van der Waals surface area contributed by atoms with Gasteiger partial charge in [-0.3, -0.25) is 0 Å². The molecule has 1 aliphatic carbocycles. The van der Waals surface area contributed by atoms with E-state index in [0.717, 1.165) is 5.69 Å². The van der Waals surface area contributed by atoms with E-state index < -0.39 is 0 Å². The number of aliphatic hydroxyl groups excluding tert-OH is 1. The average Bonchev–Trinajstić information content (AvgIpc) is 2.39. The Morgan fingerprint density at radius 3 is 2.65 bits per heavy atom. The van der Waals surface area contributed by atoms with Gasteiger partial charge in [0.15, 0.2) is 0 Å². The van der Waals surface area contributed by atoms with Crippen LogP contribution in [0.15, 0.2) is 18.2 Å². The van der Waals surface area contributed by atoms with Crippen molar-refractivity contribution in [1.29, 1.82) is 0 Å². The van der Waals surface area contributed by atoms with Crippen molar-refractivity contribution in [3.05, 3.63) is 29.6 Å². The lowest BCUT2D eigenvalue weighted by Crippen LogP contribution is -2.34. The van der Waals surface area contributed by atoms with Crippen molar-refractivity contribution in [1.82, 2.24) is 0 Å². The molecule has 1 N–H and O–H groups in total. The number of hydrogen-bond donors (Lipinski definition) is 1. The molecule has 94 valence electrons. The standard InChI is InChI=1S/C14H20FNO/c1-16(13-5-3-2-4-6-13)14-8-7-12(15)9-11(14)10-17/h7-9,13,17H,2-6,10H2,1H3. The second-order valence-electron chi connectivity index (χ2n) is 4.83. The van der Waals surface area contributed by atoms with Gasteiger partial charge >= 0.3 is 0 Å². The third-order valence-corrected chi connectivity index (χ3v) is 3.71. The number of rotatable bonds is 3. The molecule has 17 heavy (non-hydrogen) atoms. The van der Waals surface area contributed by atoms with Gasteiger partial charge in [-0.1, -0.05) is 19.3 Å². The van der Waals surface area contributed by atoms with Gasteiger partial charge in [0.2, 0.25) is 0 Å². The molecule has 2 rings (SSSR count). The van der Waals surface area contributed by atoms with Crippen molar-refractivity contribution in [2.75, 3.05) is 11.9 Å². The third kappa shape index (κ3) is 2.78. The molecule has 1 aromatic carbocycles. The van der Waals surface area contributed by atoms with Crippen LogP contribution in [0.4, 0.5) is 10.1 Å². The molecule has 0 amide bonds. The fourth-order valence-corrected chi connectivity index (χ4v) is 2.69. The smallest absolute Gasteiger partial charge is 0.123 e. The zero-order chi connectivity index (χ0) is 12.3. The average molecular weight is 237 g/mol. The quantitative estimate of drug-likeness (QED) is 0.873. The Morgan fingerprint density at radius 2 is 2.00 bits per heavy atom. The van der Waals surface area contributed by atoms with Crippen LogP contribution < -0.4 is 4.90 Å². The van der Waals surface area contributed by atoms with Crippen molar-refractivity contribution in [2.45, 2.75) is 44.8 Å². The number of benzene rings is 1. The first-order valence-electron chi connectivity index (χ1n) is 6.34. The van der Waals surface area contributed by atoms with Crippen LogP contribution in [-0.4, -0.2) is 18.2 Å². The Hall–Kier alpha value is -1.09. The van der Waals surface area contributed by atoms with Crippen molar-refractivity contribution in [3.63, 3.8) is 0 Å². The van der Waals surface area contributed by atoms with Crippen LogP contribution in [-0.2, 0) is 6.61 Å². The molecule has 1 aliphatic rings. The first-order chi connectivity index (χ1) is 8.22. The maximum Gasteiger partial charge on any atom is 0.123 e. The van der Waals surface area contributed by atoms with Gasteiger partial charge < -0.3 is 10.0 Å². The van der Waals surface area contributed by atoms with Crippen LogP contribution in [0.2, 0.25) is 0 Å². The van der Waals surface area contributed by atoms with Crippen molar-refractivity contribution in [3.8, 4) is 0 Å². The summed E-state index contributed by atoms with van der Waals surface area (Å²) < 4.78 is 13.1. The second-order valence-corrected chi connectivity index (χ2v) is 4.83. The van der Waals surface area contributed by atoms with E-state index >= 15 is 0 Å². The summed E-state index contributed by atoms with van der Waals surface area (Å²) in [5, 5.41) is 9.30. The highest BCUT2D eigenvalue weighted by Gasteiger charge is 2.20. The number of halogens is 1. The maximum absolute atomic E-state index is 13.1. The number of anilines is 1. The van der Waals surface area contributed by atoms with Crippen LogP contribution in [0.3, 0.4) is 0 Å². The Morgan fingerprint density at radius 1 is 1.29 bits per heavy atom. The summed E-state index contributed by atoms with van der Waals surface area (Å²) in [7, 11) is 2.04. The molecular formula is C14H20FNO. The third-order valence-electron chi connectivity index (χ3n) is 3.71. The molecule has 0 heterocycles. The summed E-state index contributed by atoms with van der Waals surface area (Å²) in [6.07, 6.45) is 6.24. The first kappa shape index (κ1) is 12.4. The zero-order valence-electron chi connectivity index (χ0n) is 10.3. The van der Waals surface area contributed by atoms with E-state index in [2.05, 4.69) is 4.90 Å². The predicted octanol–water partition coefficient (Wildman–Crippen LogP) is 3.09. The molecule has 0 aromatic heterocycles. The lowest BCUT2D eigenvalue weighted by atomic mass is 9.94. The summed E-state index contributed by atoms with van der Waals surface area (Å²) in [5.41, 5.74) is 1.64. The Bertz CT molecular complexity index is 374. The van der Waals surface area contributed by atoms with Crippen molar-refractivity contribution in [2.24, 2.45) is 0 Å². The van der Waals surface area contributed by atoms with Gasteiger partial charge in [0, 0.05) is 24.3 Å². The predicted molar refractivity (Wildman–Crippen MR) is 67.6 cm³/mol. The van der Waals surface area contributed by atoms with Gasteiger partial charge in [-0.15, -0.1) is 0 Å². The molecule has 1 fully saturated rings. The van der Waals surface area contributed by atoms with Gasteiger partial charge in [-0.05, 0) is 31.0 Å². The van der Waals surface area contributed by atoms with Gasteiger partial charge in [-0.2, -0.15) is 0 Å².